The Morgan fingerprint density at radius 3 is 2.14 bits per heavy atom. The molecule has 0 radical (unpaired) electrons. The first-order valence-corrected chi connectivity index (χ1v) is 12.8. The molecule has 0 saturated carbocycles. The van der Waals surface area contributed by atoms with Crippen LogP contribution in [0.3, 0.4) is 0 Å². The molecule has 1 amide bonds. The summed E-state index contributed by atoms with van der Waals surface area (Å²) >= 11 is 12.0. The van der Waals surface area contributed by atoms with E-state index in [-0.39, 0.29) is 33.3 Å². The van der Waals surface area contributed by atoms with E-state index in [1.165, 1.54) is 60.8 Å². The van der Waals surface area contributed by atoms with E-state index in [0.717, 1.165) is 6.08 Å². The highest BCUT2D eigenvalue weighted by molar-refractivity contribution is 6.36. The fourth-order valence-corrected chi connectivity index (χ4v) is 3.95. The van der Waals surface area contributed by atoms with E-state index in [2.05, 4.69) is 10.5 Å². The molecular weight excluding hydrogens is 585 g/mol. The smallest absolute Gasteiger partial charge is 0.345 e. The molecule has 42 heavy (non-hydrogen) atoms. The summed E-state index contributed by atoms with van der Waals surface area (Å²) in [4.78, 5) is 47.7. The molecule has 210 valence electrons. The summed E-state index contributed by atoms with van der Waals surface area (Å²) in [6, 6.07) is 22.5. The van der Waals surface area contributed by atoms with Crippen molar-refractivity contribution in [1.29, 1.82) is 0 Å². The standard InChI is InChI=1S/C30H19Cl2N3O7/c31-22-12-15-24(25(32)17-22)30(38)42-26-7-3-1-5-19(26)11-16-28(36)41-27-8-4-2-6-21(27)18-33-34-29(37)20-9-13-23(14-10-20)35(39)40/h1-18H,(H,34,37)/b16-11+,33-18+. The monoisotopic (exact) mass is 603 g/mol. The predicted molar refractivity (Wildman–Crippen MR) is 157 cm³/mol. The number of carbonyl (C=O) groups is 3. The maximum atomic E-state index is 12.6. The maximum Gasteiger partial charge on any atom is 0.345 e. The number of nitrogens with one attached hydrogen (secondary N) is 1. The second-order valence-electron chi connectivity index (χ2n) is 8.35. The Bertz CT molecular complexity index is 1720. The molecule has 0 spiro atoms. The Hall–Kier alpha value is -5.32. The second kappa shape index (κ2) is 13.8. The highest BCUT2D eigenvalue weighted by Gasteiger charge is 2.15. The summed E-state index contributed by atoms with van der Waals surface area (Å²) < 4.78 is 10.9. The third-order valence-corrected chi connectivity index (χ3v) is 6.06. The van der Waals surface area contributed by atoms with Crippen LogP contribution in [0, 0.1) is 10.1 Å². The van der Waals surface area contributed by atoms with Crippen LogP contribution in [0.1, 0.15) is 31.8 Å². The van der Waals surface area contributed by atoms with Crippen LogP contribution in [0.2, 0.25) is 10.0 Å². The lowest BCUT2D eigenvalue weighted by Crippen LogP contribution is -2.17. The number of hydrazone groups is 1. The summed E-state index contributed by atoms with van der Waals surface area (Å²) in [5, 5.41) is 15.2. The van der Waals surface area contributed by atoms with Crippen LogP contribution >= 0.6 is 23.2 Å². The zero-order chi connectivity index (χ0) is 30.1. The third-order valence-electron chi connectivity index (χ3n) is 5.51. The van der Waals surface area contributed by atoms with Crippen LogP contribution in [0.15, 0.2) is 102 Å². The van der Waals surface area contributed by atoms with E-state index >= 15 is 0 Å². The molecule has 0 heterocycles. The van der Waals surface area contributed by atoms with E-state index in [0.29, 0.717) is 16.1 Å². The van der Waals surface area contributed by atoms with E-state index in [4.69, 9.17) is 32.7 Å². The van der Waals surface area contributed by atoms with Crippen LogP contribution in [0.25, 0.3) is 6.08 Å². The number of amides is 1. The summed E-state index contributed by atoms with van der Waals surface area (Å²) in [6.07, 6.45) is 3.87. The van der Waals surface area contributed by atoms with Gasteiger partial charge in [-0.15, -0.1) is 0 Å². The second-order valence-corrected chi connectivity index (χ2v) is 9.19. The molecule has 0 bridgehead atoms. The summed E-state index contributed by atoms with van der Waals surface area (Å²) in [5.74, 6) is -1.66. The minimum absolute atomic E-state index is 0.126. The number of para-hydroxylation sites is 2. The van der Waals surface area contributed by atoms with Gasteiger partial charge < -0.3 is 9.47 Å². The number of ether oxygens (including phenoxy) is 2. The Morgan fingerprint density at radius 1 is 0.833 bits per heavy atom. The van der Waals surface area contributed by atoms with Gasteiger partial charge in [-0.25, -0.2) is 15.0 Å². The van der Waals surface area contributed by atoms with Gasteiger partial charge in [0.2, 0.25) is 0 Å². The summed E-state index contributed by atoms with van der Waals surface area (Å²) in [5.41, 5.74) is 3.28. The number of non-ortho nitro benzene ring substituents is 1. The first-order chi connectivity index (χ1) is 20.2. The number of esters is 2. The molecule has 0 unspecified atom stereocenters. The predicted octanol–water partition coefficient (Wildman–Crippen LogP) is 6.50. The van der Waals surface area contributed by atoms with Crippen molar-refractivity contribution in [3.8, 4) is 11.5 Å². The van der Waals surface area contributed by atoms with Crippen LogP contribution in [0.4, 0.5) is 5.69 Å². The van der Waals surface area contributed by atoms with Crippen molar-refractivity contribution in [2.75, 3.05) is 0 Å². The molecule has 0 aliphatic heterocycles. The lowest BCUT2D eigenvalue weighted by atomic mass is 10.2. The molecule has 4 aromatic rings. The topological polar surface area (TPSA) is 137 Å². The number of carbonyl (C=O) groups excluding carboxylic acids is 3. The lowest BCUT2D eigenvalue weighted by molar-refractivity contribution is -0.384. The number of rotatable bonds is 9. The fraction of sp³-hybridized carbons (Fsp3) is 0. The van der Waals surface area contributed by atoms with Gasteiger partial charge in [-0.2, -0.15) is 5.10 Å². The molecule has 0 aromatic heterocycles. The minimum atomic E-state index is -0.729. The van der Waals surface area contributed by atoms with Crippen molar-refractivity contribution in [1.82, 2.24) is 5.43 Å². The number of hydrogen-bond donors (Lipinski definition) is 1. The van der Waals surface area contributed by atoms with Gasteiger partial charge in [-0.3, -0.25) is 14.9 Å². The molecule has 4 rings (SSSR count). The van der Waals surface area contributed by atoms with E-state index in [9.17, 15) is 24.5 Å². The van der Waals surface area contributed by atoms with Crippen molar-refractivity contribution >= 4 is 59.0 Å². The molecule has 12 heteroatoms. The van der Waals surface area contributed by atoms with E-state index in [1.54, 1.807) is 42.5 Å². The van der Waals surface area contributed by atoms with Crippen LogP contribution in [-0.4, -0.2) is 29.0 Å². The first kappa shape index (κ1) is 29.7. The van der Waals surface area contributed by atoms with Gasteiger partial charge in [0.25, 0.3) is 11.6 Å². The molecule has 0 saturated heterocycles. The van der Waals surface area contributed by atoms with Crippen molar-refractivity contribution < 1.29 is 28.8 Å². The normalized spacial score (nSPS) is 10.9. The van der Waals surface area contributed by atoms with E-state index in [1.807, 2.05) is 0 Å². The number of halogens is 2. The highest BCUT2D eigenvalue weighted by atomic mass is 35.5. The van der Waals surface area contributed by atoms with Crippen molar-refractivity contribution in [3.05, 3.63) is 139 Å². The molecule has 1 N–H and O–H groups in total. The van der Waals surface area contributed by atoms with Gasteiger partial charge in [0.15, 0.2) is 0 Å². The molecule has 0 aliphatic rings. The molecule has 0 atom stereocenters. The first-order valence-electron chi connectivity index (χ1n) is 12.0. The largest absolute Gasteiger partial charge is 0.423 e. The van der Waals surface area contributed by atoms with Gasteiger partial charge in [0.05, 0.1) is 21.7 Å². The maximum absolute atomic E-state index is 12.6. The summed E-state index contributed by atoms with van der Waals surface area (Å²) in [7, 11) is 0. The lowest BCUT2D eigenvalue weighted by Gasteiger charge is -2.09. The minimum Gasteiger partial charge on any atom is -0.423 e. The van der Waals surface area contributed by atoms with Crippen LogP contribution in [0.5, 0.6) is 11.5 Å². The Labute approximate surface area is 248 Å². The van der Waals surface area contributed by atoms with Crippen LogP contribution < -0.4 is 14.9 Å². The number of nitro groups is 1. The molecular formula is C30H19Cl2N3O7. The van der Waals surface area contributed by atoms with Gasteiger partial charge >= 0.3 is 11.9 Å². The Kier molecular flexibility index (Phi) is 9.77. The average molecular weight is 604 g/mol. The molecule has 0 aliphatic carbocycles. The zero-order valence-corrected chi connectivity index (χ0v) is 22.9. The van der Waals surface area contributed by atoms with E-state index < -0.39 is 22.8 Å². The summed E-state index contributed by atoms with van der Waals surface area (Å²) in [6.45, 7) is 0. The van der Waals surface area contributed by atoms with Gasteiger partial charge in [0.1, 0.15) is 11.5 Å². The number of hydrogen-bond acceptors (Lipinski definition) is 8. The van der Waals surface area contributed by atoms with Crippen molar-refractivity contribution in [2.24, 2.45) is 5.10 Å². The molecule has 4 aromatic carbocycles. The third kappa shape index (κ3) is 7.87. The van der Waals surface area contributed by atoms with Crippen molar-refractivity contribution in [3.63, 3.8) is 0 Å². The average Bonchev–Trinajstić information content (AvgIpc) is 2.97. The number of benzene rings is 4. The van der Waals surface area contributed by atoms with Crippen molar-refractivity contribution in [2.45, 2.75) is 0 Å². The number of nitrogens with zero attached hydrogens (tertiary/aromatic N) is 2. The molecule has 0 fully saturated rings. The zero-order valence-electron chi connectivity index (χ0n) is 21.4. The quantitative estimate of drug-likeness (QED) is 0.0575. The Balaban J connectivity index is 1.40. The molecule has 10 nitrogen and oxygen atoms in total. The van der Waals surface area contributed by atoms with Gasteiger partial charge in [-0.1, -0.05) is 53.5 Å². The van der Waals surface area contributed by atoms with Gasteiger partial charge in [-0.05, 0) is 54.6 Å². The fourth-order valence-electron chi connectivity index (χ4n) is 3.46. The Morgan fingerprint density at radius 2 is 1.48 bits per heavy atom. The highest BCUT2D eigenvalue weighted by Crippen LogP contribution is 2.25. The van der Waals surface area contributed by atoms with Gasteiger partial charge in [0, 0.05) is 39.9 Å². The number of nitro benzene ring substituents is 1. The van der Waals surface area contributed by atoms with Crippen LogP contribution in [-0.2, 0) is 4.79 Å². The SMILES string of the molecule is O=C(/C=C/c1ccccc1OC(=O)c1ccc(Cl)cc1Cl)Oc1ccccc1/C=N/NC(=O)c1ccc([N+](=O)[O-])cc1.